The lowest BCUT2D eigenvalue weighted by Crippen LogP contribution is -2.17. The maximum atomic E-state index is 11.7. The molecule has 2 aromatic heterocycles. The summed E-state index contributed by atoms with van der Waals surface area (Å²) in [4.78, 5) is 22.1. The molecule has 182 valence electrons. The van der Waals surface area contributed by atoms with E-state index in [1.807, 2.05) is 0 Å². The standard InChI is InChI=1S/C15H15Cl2N9O6S2/c1-7-20-11(16)23-13(21-7)18-4-5-19-14-24-12(17)25-15(26-14)22-9-6-8(33(27,28)29)2-3-10(9)34(30,31)32/h2-3,6H,4-5H2,1H3,(H,27,28,29)(H,30,31,32)(H,18,20,21,23)(H2,19,22,24,25,26). The Labute approximate surface area is 202 Å². The van der Waals surface area contributed by atoms with Gasteiger partial charge in [0.05, 0.1) is 10.6 Å². The van der Waals surface area contributed by atoms with Gasteiger partial charge in [-0.05, 0) is 48.3 Å². The van der Waals surface area contributed by atoms with Crippen LogP contribution in [0.15, 0.2) is 28.0 Å². The van der Waals surface area contributed by atoms with Gasteiger partial charge in [0.25, 0.3) is 20.2 Å². The molecule has 0 saturated carbocycles. The highest BCUT2D eigenvalue weighted by Gasteiger charge is 2.21. The highest BCUT2D eigenvalue weighted by atomic mass is 35.5. The van der Waals surface area contributed by atoms with Gasteiger partial charge in [-0.1, -0.05) is 0 Å². The molecule has 5 N–H and O–H groups in total. The molecule has 0 saturated heterocycles. The summed E-state index contributed by atoms with van der Waals surface area (Å²) in [5, 5.41) is 7.93. The van der Waals surface area contributed by atoms with Crippen LogP contribution in [0.3, 0.4) is 0 Å². The summed E-state index contributed by atoms with van der Waals surface area (Å²) in [6.07, 6.45) is 0. The lowest BCUT2D eigenvalue weighted by atomic mass is 10.3. The van der Waals surface area contributed by atoms with Crippen molar-refractivity contribution in [1.82, 2.24) is 29.9 Å². The number of hydrogen-bond donors (Lipinski definition) is 5. The number of benzene rings is 1. The van der Waals surface area contributed by atoms with Crippen LogP contribution in [-0.4, -0.2) is 68.9 Å². The summed E-state index contributed by atoms with van der Waals surface area (Å²) in [7, 11) is -9.46. The third-order valence-electron chi connectivity index (χ3n) is 3.79. The van der Waals surface area contributed by atoms with E-state index in [9.17, 15) is 25.9 Å². The molecular formula is C15H15Cl2N9O6S2. The number of rotatable bonds is 9. The molecule has 0 aliphatic carbocycles. The first-order valence-electron chi connectivity index (χ1n) is 8.95. The fourth-order valence-electron chi connectivity index (χ4n) is 2.47. The minimum Gasteiger partial charge on any atom is -0.352 e. The van der Waals surface area contributed by atoms with Crippen molar-refractivity contribution in [1.29, 1.82) is 0 Å². The topological polar surface area (TPSA) is 222 Å². The Morgan fingerprint density at radius 2 is 1.35 bits per heavy atom. The Bertz CT molecular complexity index is 1420. The average molecular weight is 552 g/mol. The van der Waals surface area contributed by atoms with Gasteiger partial charge in [0.1, 0.15) is 10.7 Å². The quantitative estimate of drug-likeness (QED) is 0.187. The van der Waals surface area contributed by atoms with Gasteiger partial charge in [0, 0.05) is 13.1 Å². The van der Waals surface area contributed by atoms with Crippen molar-refractivity contribution >= 4 is 67.0 Å². The van der Waals surface area contributed by atoms with E-state index in [-0.39, 0.29) is 35.0 Å². The van der Waals surface area contributed by atoms with Crippen molar-refractivity contribution in [2.24, 2.45) is 0 Å². The van der Waals surface area contributed by atoms with Crippen LogP contribution in [0.25, 0.3) is 0 Å². The average Bonchev–Trinajstić information content (AvgIpc) is 2.68. The van der Waals surface area contributed by atoms with Crippen LogP contribution in [0.5, 0.6) is 0 Å². The molecule has 3 aromatic rings. The zero-order valence-electron chi connectivity index (χ0n) is 16.9. The number of halogens is 2. The minimum absolute atomic E-state index is 0.0199. The van der Waals surface area contributed by atoms with Gasteiger partial charge in [-0.15, -0.1) is 0 Å². The SMILES string of the molecule is Cc1nc(Cl)nc(NCCNc2nc(Cl)nc(Nc3cc(S(=O)(=O)O)ccc3S(=O)(=O)O)n2)n1. The maximum Gasteiger partial charge on any atom is 0.296 e. The van der Waals surface area contributed by atoms with Gasteiger partial charge >= 0.3 is 0 Å². The van der Waals surface area contributed by atoms with E-state index in [0.29, 0.717) is 12.4 Å². The smallest absolute Gasteiger partial charge is 0.296 e. The van der Waals surface area contributed by atoms with E-state index < -0.39 is 35.7 Å². The van der Waals surface area contributed by atoms with Crippen LogP contribution in [0.4, 0.5) is 23.5 Å². The molecule has 0 amide bonds. The number of hydrogen-bond acceptors (Lipinski definition) is 13. The maximum absolute atomic E-state index is 11.7. The second-order valence-electron chi connectivity index (χ2n) is 6.31. The molecule has 2 heterocycles. The summed E-state index contributed by atoms with van der Waals surface area (Å²) in [6, 6.07) is 2.35. The summed E-state index contributed by atoms with van der Waals surface area (Å²) in [5.41, 5.74) is -0.436. The van der Waals surface area contributed by atoms with Gasteiger partial charge in [0.15, 0.2) is 0 Å². The summed E-state index contributed by atoms with van der Waals surface area (Å²) in [6.45, 7) is 2.20. The van der Waals surface area contributed by atoms with Crippen molar-refractivity contribution in [3.8, 4) is 0 Å². The fourth-order valence-corrected chi connectivity index (χ4v) is 3.97. The third-order valence-corrected chi connectivity index (χ3v) is 5.89. The molecule has 0 spiro atoms. The second kappa shape index (κ2) is 10.1. The van der Waals surface area contributed by atoms with Gasteiger partial charge < -0.3 is 16.0 Å². The summed E-state index contributed by atoms with van der Waals surface area (Å²) >= 11 is 11.7. The molecule has 1 aromatic carbocycles. The van der Waals surface area contributed by atoms with Crippen LogP contribution < -0.4 is 16.0 Å². The predicted octanol–water partition coefficient (Wildman–Crippen LogP) is 1.43. The van der Waals surface area contributed by atoms with Gasteiger partial charge in [0.2, 0.25) is 28.4 Å². The molecule has 0 aliphatic heterocycles. The van der Waals surface area contributed by atoms with Crippen LogP contribution in [-0.2, 0) is 20.2 Å². The molecule has 0 radical (unpaired) electrons. The number of nitrogens with zero attached hydrogens (tertiary/aromatic N) is 6. The van der Waals surface area contributed by atoms with E-state index >= 15 is 0 Å². The molecule has 0 bridgehead atoms. The van der Waals surface area contributed by atoms with E-state index in [1.165, 1.54) is 0 Å². The van der Waals surface area contributed by atoms with Crippen molar-refractivity contribution < 1.29 is 25.9 Å². The highest BCUT2D eigenvalue weighted by Crippen LogP contribution is 2.27. The van der Waals surface area contributed by atoms with Crippen molar-refractivity contribution in [2.75, 3.05) is 29.0 Å². The summed E-state index contributed by atoms with van der Waals surface area (Å²) in [5.74, 6) is 0.380. The minimum atomic E-state index is -4.78. The van der Waals surface area contributed by atoms with E-state index in [1.54, 1.807) is 6.92 Å². The lowest BCUT2D eigenvalue weighted by molar-refractivity contribution is 0.479. The molecule has 15 nitrogen and oxygen atoms in total. The fraction of sp³-hybridized carbons (Fsp3) is 0.200. The number of aromatic nitrogens is 6. The zero-order valence-corrected chi connectivity index (χ0v) is 20.1. The van der Waals surface area contributed by atoms with Crippen molar-refractivity contribution in [3.63, 3.8) is 0 Å². The first kappa shape index (κ1) is 25.7. The molecule has 0 aliphatic rings. The number of anilines is 4. The number of nitrogens with one attached hydrogen (secondary N) is 3. The Morgan fingerprint density at radius 1 is 0.794 bits per heavy atom. The van der Waals surface area contributed by atoms with Crippen LogP contribution in [0.1, 0.15) is 5.82 Å². The lowest BCUT2D eigenvalue weighted by Gasteiger charge is -2.12. The zero-order chi connectivity index (χ0) is 25.1. The van der Waals surface area contributed by atoms with Gasteiger partial charge in [-0.25, -0.2) is 4.98 Å². The second-order valence-corrected chi connectivity index (χ2v) is 9.80. The van der Waals surface area contributed by atoms with Crippen LogP contribution in [0.2, 0.25) is 10.6 Å². The first-order valence-corrected chi connectivity index (χ1v) is 12.6. The Kier molecular flexibility index (Phi) is 7.64. The van der Waals surface area contributed by atoms with Crippen LogP contribution >= 0.6 is 23.2 Å². The van der Waals surface area contributed by atoms with Gasteiger partial charge in [-0.2, -0.15) is 41.8 Å². The molecular weight excluding hydrogens is 537 g/mol. The van der Waals surface area contributed by atoms with Gasteiger partial charge in [-0.3, -0.25) is 9.11 Å². The first-order chi connectivity index (χ1) is 15.8. The molecule has 3 rings (SSSR count). The third kappa shape index (κ3) is 7.02. The molecule has 0 fully saturated rings. The Balaban J connectivity index is 1.77. The molecule has 34 heavy (non-hydrogen) atoms. The van der Waals surface area contributed by atoms with Crippen molar-refractivity contribution in [3.05, 3.63) is 34.6 Å². The number of aryl methyl sites for hydroxylation is 1. The van der Waals surface area contributed by atoms with E-state index in [4.69, 9.17) is 23.2 Å². The molecule has 19 heteroatoms. The summed E-state index contributed by atoms with van der Waals surface area (Å²) < 4.78 is 64.8. The Hall–Kier alpha value is -2.96. The van der Waals surface area contributed by atoms with Crippen LogP contribution in [0, 0.1) is 6.92 Å². The normalized spacial score (nSPS) is 11.8. The highest BCUT2D eigenvalue weighted by molar-refractivity contribution is 7.86. The largest absolute Gasteiger partial charge is 0.352 e. The predicted molar refractivity (Wildman–Crippen MR) is 121 cm³/mol. The monoisotopic (exact) mass is 551 g/mol. The van der Waals surface area contributed by atoms with E-state index in [2.05, 4.69) is 45.9 Å². The van der Waals surface area contributed by atoms with Crippen molar-refractivity contribution in [2.45, 2.75) is 16.7 Å². The molecule has 0 atom stereocenters. The Morgan fingerprint density at radius 3 is 1.91 bits per heavy atom. The molecule has 0 unspecified atom stereocenters. The van der Waals surface area contributed by atoms with E-state index in [0.717, 1.165) is 18.2 Å².